The zero-order chi connectivity index (χ0) is 13.0. The number of anilines is 1. The third-order valence-electron chi connectivity index (χ3n) is 2.62. The van der Waals surface area contributed by atoms with Crippen molar-refractivity contribution in [2.75, 3.05) is 38.5 Å². The number of amides is 2. The van der Waals surface area contributed by atoms with Crippen LogP contribution in [0.25, 0.3) is 0 Å². The Morgan fingerprint density at radius 1 is 1.28 bits per heavy atom. The molecule has 1 aromatic rings. The molecule has 2 heterocycles. The fourth-order valence-electron chi connectivity index (χ4n) is 1.55. The number of hydrogen-bond acceptors (Lipinski definition) is 6. The normalized spacial score (nSPS) is 17.4. The van der Waals surface area contributed by atoms with Crippen molar-refractivity contribution in [2.45, 2.75) is 0 Å². The van der Waals surface area contributed by atoms with Crippen LogP contribution in [0.4, 0.5) is 5.13 Å². The number of thiazole rings is 1. The SMILES string of the molecule is CN1CCN(NC(=O)C(=O)Nc2nccs2)CC1. The van der Waals surface area contributed by atoms with E-state index in [4.69, 9.17) is 0 Å². The molecular formula is C10H15N5O2S. The summed E-state index contributed by atoms with van der Waals surface area (Å²) in [5.41, 5.74) is 2.58. The molecule has 0 aromatic carbocycles. The van der Waals surface area contributed by atoms with Gasteiger partial charge < -0.3 is 4.90 Å². The van der Waals surface area contributed by atoms with Crippen molar-refractivity contribution in [1.29, 1.82) is 0 Å². The summed E-state index contributed by atoms with van der Waals surface area (Å²) < 4.78 is 0. The summed E-state index contributed by atoms with van der Waals surface area (Å²) in [5, 5.41) is 6.35. The van der Waals surface area contributed by atoms with Gasteiger partial charge in [-0.25, -0.2) is 9.99 Å². The monoisotopic (exact) mass is 269 g/mol. The van der Waals surface area contributed by atoms with Gasteiger partial charge in [0.15, 0.2) is 5.13 Å². The number of hydrogen-bond donors (Lipinski definition) is 2. The molecule has 0 bridgehead atoms. The van der Waals surface area contributed by atoms with Gasteiger partial charge >= 0.3 is 11.8 Å². The van der Waals surface area contributed by atoms with Crippen molar-refractivity contribution in [3.63, 3.8) is 0 Å². The maximum atomic E-state index is 11.6. The molecule has 98 valence electrons. The Morgan fingerprint density at radius 2 is 2.00 bits per heavy atom. The zero-order valence-electron chi connectivity index (χ0n) is 10.0. The summed E-state index contributed by atoms with van der Waals surface area (Å²) in [7, 11) is 2.02. The van der Waals surface area contributed by atoms with Crippen LogP contribution < -0.4 is 10.7 Å². The van der Waals surface area contributed by atoms with E-state index in [0.717, 1.165) is 13.1 Å². The van der Waals surface area contributed by atoms with E-state index in [1.807, 2.05) is 7.05 Å². The molecule has 1 saturated heterocycles. The average molecular weight is 269 g/mol. The highest BCUT2D eigenvalue weighted by molar-refractivity contribution is 7.13. The Morgan fingerprint density at radius 3 is 2.61 bits per heavy atom. The molecule has 7 nitrogen and oxygen atoms in total. The van der Waals surface area contributed by atoms with Crippen LogP contribution in [0.3, 0.4) is 0 Å². The van der Waals surface area contributed by atoms with Crippen LogP contribution >= 0.6 is 11.3 Å². The van der Waals surface area contributed by atoms with Crippen LogP contribution in [0.15, 0.2) is 11.6 Å². The van der Waals surface area contributed by atoms with E-state index < -0.39 is 11.8 Å². The van der Waals surface area contributed by atoms with E-state index in [1.54, 1.807) is 16.6 Å². The maximum Gasteiger partial charge on any atom is 0.324 e. The predicted octanol–water partition coefficient (Wildman–Crippen LogP) is -0.640. The van der Waals surface area contributed by atoms with Crippen LogP contribution in [0, 0.1) is 0 Å². The smallest absolute Gasteiger partial charge is 0.304 e. The van der Waals surface area contributed by atoms with Crippen LogP contribution in [-0.4, -0.2) is 59.9 Å². The lowest BCUT2D eigenvalue weighted by molar-refractivity contribution is -0.139. The molecule has 0 saturated carbocycles. The van der Waals surface area contributed by atoms with Gasteiger partial charge in [-0.1, -0.05) is 0 Å². The van der Waals surface area contributed by atoms with Crippen molar-refractivity contribution in [1.82, 2.24) is 20.3 Å². The number of nitrogens with one attached hydrogen (secondary N) is 2. The van der Waals surface area contributed by atoms with Gasteiger partial charge in [0.25, 0.3) is 0 Å². The van der Waals surface area contributed by atoms with E-state index in [-0.39, 0.29) is 0 Å². The van der Waals surface area contributed by atoms with E-state index in [1.165, 1.54) is 11.3 Å². The molecule has 18 heavy (non-hydrogen) atoms. The minimum Gasteiger partial charge on any atom is -0.304 e. The van der Waals surface area contributed by atoms with Gasteiger partial charge in [-0.2, -0.15) is 0 Å². The fraction of sp³-hybridized carbons (Fsp3) is 0.500. The second-order valence-electron chi connectivity index (χ2n) is 4.02. The van der Waals surface area contributed by atoms with Crippen LogP contribution in [0.1, 0.15) is 0 Å². The summed E-state index contributed by atoms with van der Waals surface area (Å²) in [5.74, 6) is -1.35. The third kappa shape index (κ3) is 3.49. The summed E-state index contributed by atoms with van der Waals surface area (Å²) in [6.07, 6.45) is 1.57. The van der Waals surface area contributed by atoms with Gasteiger partial charge in [0.2, 0.25) is 0 Å². The number of aromatic nitrogens is 1. The molecule has 2 amide bonds. The molecule has 1 fully saturated rings. The van der Waals surface area contributed by atoms with E-state index >= 15 is 0 Å². The summed E-state index contributed by atoms with van der Waals surface area (Å²) in [4.78, 5) is 29.2. The zero-order valence-corrected chi connectivity index (χ0v) is 10.9. The van der Waals surface area contributed by atoms with Gasteiger partial charge in [-0.3, -0.25) is 20.3 Å². The van der Waals surface area contributed by atoms with Gasteiger partial charge in [-0.15, -0.1) is 11.3 Å². The molecule has 0 atom stereocenters. The molecular weight excluding hydrogens is 254 g/mol. The molecule has 1 aliphatic rings. The van der Waals surface area contributed by atoms with Crippen LogP contribution in [0.5, 0.6) is 0 Å². The number of piperazine rings is 1. The van der Waals surface area contributed by atoms with Crippen LogP contribution in [0.2, 0.25) is 0 Å². The third-order valence-corrected chi connectivity index (χ3v) is 3.31. The van der Waals surface area contributed by atoms with Crippen molar-refractivity contribution in [2.24, 2.45) is 0 Å². The standard InChI is InChI=1S/C10H15N5O2S/c1-14-3-5-15(6-4-14)13-9(17)8(16)12-10-11-2-7-18-10/h2,7H,3-6H2,1H3,(H,13,17)(H,11,12,16). The molecule has 2 rings (SSSR count). The highest BCUT2D eigenvalue weighted by Crippen LogP contribution is 2.09. The lowest BCUT2D eigenvalue weighted by atomic mass is 10.4. The number of hydrazine groups is 1. The average Bonchev–Trinajstić information content (AvgIpc) is 2.85. The van der Waals surface area contributed by atoms with Crippen molar-refractivity contribution >= 4 is 28.3 Å². The first-order chi connectivity index (χ1) is 8.65. The second kappa shape index (κ2) is 5.89. The largest absolute Gasteiger partial charge is 0.324 e. The number of carbonyl (C=O) groups excluding carboxylic acids is 2. The Kier molecular flexibility index (Phi) is 4.24. The van der Waals surface area contributed by atoms with E-state index in [9.17, 15) is 9.59 Å². The Bertz CT molecular complexity index is 414. The quantitative estimate of drug-likeness (QED) is 0.698. The highest BCUT2D eigenvalue weighted by atomic mass is 32.1. The molecule has 1 aromatic heterocycles. The van der Waals surface area contributed by atoms with Gasteiger partial charge in [0.1, 0.15) is 0 Å². The van der Waals surface area contributed by atoms with E-state index in [2.05, 4.69) is 20.6 Å². The first-order valence-corrected chi connectivity index (χ1v) is 6.48. The molecule has 0 aliphatic carbocycles. The first kappa shape index (κ1) is 12.9. The number of rotatable bonds is 2. The topological polar surface area (TPSA) is 77.6 Å². The Balaban J connectivity index is 1.79. The summed E-state index contributed by atoms with van der Waals surface area (Å²) >= 11 is 1.27. The maximum absolute atomic E-state index is 11.6. The van der Waals surface area contributed by atoms with Crippen molar-refractivity contribution in [3.8, 4) is 0 Å². The minimum atomic E-state index is -0.691. The lowest BCUT2D eigenvalue weighted by Crippen LogP contribution is -2.54. The molecule has 8 heteroatoms. The summed E-state index contributed by atoms with van der Waals surface area (Å²) in [6.45, 7) is 3.17. The second-order valence-corrected chi connectivity index (χ2v) is 4.92. The van der Waals surface area contributed by atoms with Crippen molar-refractivity contribution < 1.29 is 9.59 Å². The van der Waals surface area contributed by atoms with Crippen LogP contribution in [-0.2, 0) is 9.59 Å². The Labute approximate surface area is 109 Å². The molecule has 0 unspecified atom stereocenters. The first-order valence-electron chi connectivity index (χ1n) is 5.60. The predicted molar refractivity (Wildman–Crippen MR) is 68.0 cm³/mol. The van der Waals surface area contributed by atoms with Gasteiger partial charge in [0, 0.05) is 37.8 Å². The number of carbonyl (C=O) groups is 2. The molecule has 2 N–H and O–H groups in total. The van der Waals surface area contributed by atoms with E-state index in [0.29, 0.717) is 18.2 Å². The fourth-order valence-corrected chi connectivity index (χ4v) is 2.08. The van der Waals surface area contributed by atoms with Gasteiger partial charge in [0.05, 0.1) is 0 Å². The number of nitrogens with zero attached hydrogens (tertiary/aromatic N) is 3. The van der Waals surface area contributed by atoms with Gasteiger partial charge in [-0.05, 0) is 7.05 Å². The highest BCUT2D eigenvalue weighted by Gasteiger charge is 2.20. The summed E-state index contributed by atoms with van der Waals surface area (Å²) in [6, 6.07) is 0. The number of likely N-dealkylation sites (N-methyl/N-ethyl adjacent to an activating group) is 1. The lowest BCUT2D eigenvalue weighted by Gasteiger charge is -2.31. The minimum absolute atomic E-state index is 0.425. The molecule has 1 aliphatic heterocycles. The molecule has 0 spiro atoms. The molecule has 0 radical (unpaired) electrons. The Hall–Kier alpha value is -1.51. The van der Waals surface area contributed by atoms with Crippen molar-refractivity contribution in [3.05, 3.63) is 11.6 Å².